The van der Waals surface area contributed by atoms with Gasteiger partial charge in [0.05, 0.1) is 36.9 Å². The summed E-state index contributed by atoms with van der Waals surface area (Å²) < 4.78 is 54.6. The summed E-state index contributed by atoms with van der Waals surface area (Å²) in [6.07, 6.45) is 4.86. The first-order valence-corrected chi connectivity index (χ1v) is 12.4. The summed E-state index contributed by atoms with van der Waals surface area (Å²) in [7, 11) is -1.10. The van der Waals surface area contributed by atoms with Gasteiger partial charge in [0.15, 0.2) is 11.6 Å². The lowest BCUT2D eigenvalue weighted by Crippen LogP contribution is -2.29. The molecule has 11 nitrogen and oxygen atoms in total. The van der Waals surface area contributed by atoms with Gasteiger partial charge in [-0.25, -0.2) is 22.8 Å². The Morgan fingerprint density at radius 2 is 1.75 bits per heavy atom. The largest absolute Gasteiger partial charge is 0.494 e. The number of aromatic nitrogens is 6. The van der Waals surface area contributed by atoms with Gasteiger partial charge in [0.25, 0.3) is 0 Å². The third kappa shape index (κ3) is 5.21. The van der Waals surface area contributed by atoms with Crippen LogP contribution in [-0.4, -0.2) is 57.6 Å². The average Bonchev–Trinajstić information content (AvgIpc) is 3.27. The van der Waals surface area contributed by atoms with Gasteiger partial charge in [-0.2, -0.15) is 0 Å². The number of hydrogen-bond donors (Lipinski definition) is 1. The highest BCUT2D eigenvalue weighted by atomic mass is 35.5. The second-order valence-electron chi connectivity index (χ2n) is 7.56. The predicted molar refractivity (Wildman–Crippen MR) is 130 cm³/mol. The van der Waals surface area contributed by atoms with Crippen LogP contribution < -0.4 is 14.2 Å². The zero-order valence-electron chi connectivity index (χ0n) is 19.4. The van der Waals surface area contributed by atoms with Gasteiger partial charge in [0.1, 0.15) is 23.0 Å². The van der Waals surface area contributed by atoms with E-state index in [1.54, 1.807) is 24.3 Å². The molecular formula is C22H21ClFN7O4S. The molecule has 0 fully saturated rings. The SMILES string of the molecule is COc1cccc(OC)c1-n1c(NS(=O)(=O)[C@@H](C)Cc2ncc(F)cn2)nnc1-c1cncc(Cl)c1. The smallest absolute Gasteiger partial charge is 0.243 e. The normalized spacial score (nSPS) is 12.2. The monoisotopic (exact) mass is 533 g/mol. The molecule has 0 aliphatic heterocycles. The van der Waals surface area contributed by atoms with Crippen molar-refractivity contribution in [3.8, 4) is 28.6 Å². The highest BCUT2D eigenvalue weighted by Crippen LogP contribution is 2.38. The number of nitrogens with one attached hydrogen (secondary N) is 1. The van der Waals surface area contributed by atoms with Gasteiger partial charge in [-0.1, -0.05) is 17.7 Å². The number of hydrogen-bond acceptors (Lipinski definition) is 9. The number of pyridine rings is 1. The van der Waals surface area contributed by atoms with Crippen molar-refractivity contribution in [1.82, 2.24) is 29.7 Å². The van der Waals surface area contributed by atoms with Crippen LogP contribution in [-0.2, 0) is 16.4 Å². The van der Waals surface area contributed by atoms with Crippen LogP contribution in [0.5, 0.6) is 11.5 Å². The molecule has 0 spiro atoms. The summed E-state index contributed by atoms with van der Waals surface area (Å²) in [5, 5.41) is 7.65. The third-order valence-electron chi connectivity index (χ3n) is 5.16. The molecule has 1 atom stereocenters. The molecule has 0 saturated heterocycles. The Morgan fingerprint density at radius 3 is 2.36 bits per heavy atom. The summed E-state index contributed by atoms with van der Waals surface area (Å²) in [5.74, 6) is 0.416. The van der Waals surface area contributed by atoms with Crippen molar-refractivity contribution in [3.63, 3.8) is 0 Å². The Hall–Kier alpha value is -3.84. The molecule has 3 aromatic heterocycles. The van der Waals surface area contributed by atoms with Crippen molar-refractivity contribution in [1.29, 1.82) is 0 Å². The quantitative estimate of drug-likeness (QED) is 0.344. The van der Waals surface area contributed by atoms with Crippen LogP contribution in [0.15, 0.2) is 49.1 Å². The van der Waals surface area contributed by atoms with E-state index in [9.17, 15) is 12.8 Å². The summed E-state index contributed by atoms with van der Waals surface area (Å²) in [5.41, 5.74) is 0.830. The van der Waals surface area contributed by atoms with Crippen molar-refractivity contribution in [3.05, 3.63) is 65.7 Å². The van der Waals surface area contributed by atoms with Crippen LogP contribution in [0.3, 0.4) is 0 Å². The van der Waals surface area contributed by atoms with Crippen LogP contribution in [0.25, 0.3) is 17.1 Å². The number of para-hydroxylation sites is 1. The molecule has 0 aliphatic rings. The van der Waals surface area contributed by atoms with Gasteiger partial charge in [-0.3, -0.25) is 14.3 Å². The minimum Gasteiger partial charge on any atom is -0.494 e. The number of sulfonamides is 1. The fraction of sp³-hybridized carbons (Fsp3) is 0.227. The van der Waals surface area contributed by atoms with Crippen molar-refractivity contribution < 1.29 is 22.3 Å². The second-order valence-corrected chi connectivity index (χ2v) is 10.1. The third-order valence-corrected chi connectivity index (χ3v) is 7.06. The van der Waals surface area contributed by atoms with Gasteiger partial charge in [0, 0.05) is 24.4 Å². The van der Waals surface area contributed by atoms with E-state index in [2.05, 4.69) is 29.9 Å². The molecule has 4 rings (SSSR count). The highest BCUT2D eigenvalue weighted by molar-refractivity contribution is 7.93. The maximum absolute atomic E-state index is 13.2. The van der Waals surface area contributed by atoms with Gasteiger partial charge in [-0.15, -0.1) is 10.2 Å². The van der Waals surface area contributed by atoms with Crippen LogP contribution in [0.4, 0.5) is 10.3 Å². The van der Waals surface area contributed by atoms with Crippen molar-refractivity contribution in [2.75, 3.05) is 18.9 Å². The van der Waals surface area contributed by atoms with Crippen molar-refractivity contribution >= 4 is 27.6 Å². The molecule has 0 bridgehead atoms. The van der Waals surface area contributed by atoms with E-state index >= 15 is 0 Å². The summed E-state index contributed by atoms with van der Waals surface area (Å²) >= 11 is 6.14. The van der Waals surface area contributed by atoms with Gasteiger partial charge in [0.2, 0.25) is 16.0 Å². The number of nitrogens with zero attached hydrogens (tertiary/aromatic N) is 6. The first-order valence-electron chi connectivity index (χ1n) is 10.5. The molecule has 1 aromatic carbocycles. The fourth-order valence-corrected chi connectivity index (χ4v) is 4.50. The second kappa shape index (κ2) is 10.4. The molecule has 3 heterocycles. The van der Waals surface area contributed by atoms with E-state index < -0.39 is 21.1 Å². The maximum Gasteiger partial charge on any atom is 0.243 e. The Morgan fingerprint density at radius 1 is 1.08 bits per heavy atom. The molecule has 14 heteroatoms. The fourth-order valence-electron chi connectivity index (χ4n) is 3.37. The highest BCUT2D eigenvalue weighted by Gasteiger charge is 2.28. The number of halogens is 2. The Balaban J connectivity index is 1.81. The predicted octanol–water partition coefficient (Wildman–Crippen LogP) is 3.30. The van der Waals surface area contributed by atoms with Crippen molar-refractivity contribution in [2.24, 2.45) is 0 Å². The van der Waals surface area contributed by atoms with Crippen LogP contribution >= 0.6 is 11.6 Å². The van der Waals surface area contributed by atoms with E-state index in [1.165, 1.54) is 38.1 Å². The number of methoxy groups -OCH3 is 2. The van der Waals surface area contributed by atoms with Gasteiger partial charge < -0.3 is 9.47 Å². The van der Waals surface area contributed by atoms with Crippen LogP contribution in [0.1, 0.15) is 12.7 Å². The van der Waals surface area contributed by atoms with E-state index in [0.717, 1.165) is 12.4 Å². The molecule has 4 aromatic rings. The first-order chi connectivity index (χ1) is 17.2. The Bertz CT molecular complexity index is 1460. The molecule has 1 N–H and O–H groups in total. The summed E-state index contributed by atoms with van der Waals surface area (Å²) in [6.45, 7) is 1.47. The van der Waals surface area contributed by atoms with E-state index in [4.69, 9.17) is 21.1 Å². The maximum atomic E-state index is 13.2. The zero-order valence-corrected chi connectivity index (χ0v) is 21.0. The molecule has 188 valence electrons. The zero-order chi connectivity index (χ0) is 25.9. The first kappa shape index (κ1) is 25.3. The number of anilines is 1. The summed E-state index contributed by atoms with van der Waals surface area (Å²) in [4.78, 5) is 11.8. The number of benzene rings is 1. The van der Waals surface area contributed by atoms with Crippen LogP contribution in [0, 0.1) is 5.82 Å². The average molecular weight is 534 g/mol. The Labute approximate surface area is 211 Å². The summed E-state index contributed by atoms with van der Waals surface area (Å²) in [6, 6.07) is 6.71. The lowest BCUT2D eigenvalue weighted by molar-refractivity contribution is 0.391. The molecule has 0 amide bonds. The van der Waals surface area contributed by atoms with Crippen LogP contribution in [0.2, 0.25) is 5.02 Å². The minimum atomic E-state index is -4.04. The molecular weight excluding hydrogens is 513 g/mol. The molecule has 0 unspecified atom stereocenters. The molecule has 0 radical (unpaired) electrons. The number of ether oxygens (including phenoxy) is 2. The topological polar surface area (TPSA) is 134 Å². The lowest BCUT2D eigenvalue weighted by atomic mass is 10.2. The van der Waals surface area contributed by atoms with E-state index in [-0.39, 0.29) is 24.0 Å². The number of rotatable bonds is 9. The van der Waals surface area contributed by atoms with Gasteiger partial charge >= 0.3 is 0 Å². The minimum absolute atomic E-state index is 0.0627. The standard InChI is InChI=1S/C22H21ClFN7O4S/c1-13(7-19-26-11-16(24)12-27-19)36(32,33)30-22-29-28-21(14-8-15(23)10-25-9-14)31(22)20-17(34-2)5-4-6-18(20)35-3/h4-6,8-13H,7H2,1-3H3,(H,29,30)/t13-/m0/s1. The van der Waals surface area contributed by atoms with E-state index in [0.29, 0.717) is 27.8 Å². The Kier molecular flexibility index (Phi) is 7.31. The van der Waals surface area contributed by atoms with E-state index in [1.807, 2.05) is 0 Å². The lowest BCUT2D eigenvalue weighted by Gasteiger charge is -2.19. The van der Waals surface area contributed by atoms with Crippen molar-refractivity contribution in [2.45, 2.75) is 18.6 Å². The molecule has 0 saturated carbocycles. The van der Waals surface area contributed by atoms with Gasteiger partial charge in [-0.05, 0) is 25.1 Å². The molecule has 0 aliphatic carbocycles. The molecule has 36 heavy (non-hydrogen) atoms.